The summed E-state index contributed by atoms with van der Waals surface area (Å²) in [4.78, 5) is 27.9. The highest BCUT2D eigenvalue weighted by atomic mass is 31.2. The van der Waals surface area contributed by atoms with Crippen LogP contribution in [0.4, 0.5) is 4.39 Å². The summed E-state index contributed by atoms with van der Waals surface area (Å²) in [5.41, 5.74) is -1.36. The predicted octanol–water partition coefficient (Wildman–Crippen LogP) is 2.91. The van der Waals surface area contributed by atoms with Gasteiger partial charge < -0.3 is 18.8 Å². The lowest BCUT2D eigenvalue weighted by molar-refractivity contribution is 0.00836. The van der Waals surface area contributed by atoms with Crippen molar-refractivity contribution in [3.63, 3.8) is 0 Å². The molecule has 0 saturated carbocycles. The van der Waals surface area contributed by atoms with E-state index >= 15 is 4.39 Å². The molecule has 0 radical (unpaired) electrons. The summed E-state index contributed by atoms with van der Waals surface area (Å²) in [5.74, 6) is 0. The lowest BCUT2D eigenvalue weighted by atomic mass is 10.0. The zero-order valence-electron chi connectivity index (χ0n) is 17.9. The van der Waals surface area contributed by atoms with Crippen LogP contribution >= 0.6 is 8.53 Å². The second-order valence-electron chi connectivity index (χ2n) is 7.59. The minimum Gasteiger partial charge on any atom is -0.364 e. The van der Waals surface area contributed by atoms with Crippen LogP contribution in [-0.2, 0) is 13.8 Å². The maximum Gasteiger partial charge on any atom is 0.325 e. The summed E-state index contributed by atoms with van der Waals surface area (Å²) < 4.78 is 35.3. The van der Waals surface area contributed by atoms with E-state index in [-0.39, 0.29) is 30.7 Å². The molecule has 2 N–H and O–H groups in total. The highest BCUT2D eigenvalue weighted by Gasteiger charge is 2.49. The number of H-pyrrole nitrogens is 2. The first-order valence-electron chi connectivity index (χ1n) is 10.1. The van der Waals surface area contributed by atoms with Crippen molar-refractivity contribution >= 4 is 8.53 Å². The van der Waals surface area contributed by atoms with Crippen LogP contribution in [0.15, 0.2) is 15.8 Å². The molecule has 30 heavy (non-hydrogen) atoms. The zero-order valence-corrected chi connectivity index (χ0v) is 18.8. The minimum atomic E-state index is -1.67. The van der Waals surface area contributed by atoms with Crippen molar-refractivity contribution in [1.82, 2.24) is 14.6 Å². The van der Waals surface area contributed by atoms with Crippen molar-refractivity contribution in [1.29, 1.82) is 5.26 Å². The summed E-state index contributed by atoms with van der Waals surface area (Å²) in [6, 6.07) is 2.16. The van der Waals surface area contributed by atoms with Crippen LogP contribution in [-0.4, -0.2) is 51.7 Å². The first-order valence-corrected chi connectivity index (χ1v) is 11.2. The lowest BCUT2D eigenvalue weighted by Gasteiger charge is -2.37. The Balaban J connectivity index is 2.29. The molecular weight excluding hydrogens is 414 g/mol. The van der Waals surface area contributed by atoms with E-state index in [2.05, 4.69) is 9.97 Å². The van der Waals surface area contributed by atoms with Gasteiger partial charge in [-0.25, -0.2) is 13.9 Å². The molecule has 1 fully saturated rings. The molecule has 168 valence electrons. The third-order valence-electron chi connectivity index (χ3n) is 4.72. The van der Waals surface area contributed by atoms with Gasteiger partial charge in [0.1, 0.15) is 12.2 Å². The summed E-state index contributed by atoms with van der Waals surface area (Å²) in [6.45, 7) is 9.97. The Labute approximate surface area is 176 Å². The Bertz CT molecular complexity index is 831. The smallest absolute Gasteiger partial charge is 0.325 e. The van der Waals surface area contributed by atoms with Gasteiger partial charge in [0, 0.05) is 18.3 Å². The van der Waals surface area contributed by atoms with Gasteiger partial charge in [-0.3, -0.25) is 9.78 Å². The normalized spacial score (nSPS) is 25.2. The highest BCUT2D eigenvalue weighted by molar-refractivity contribution is 7.44. The number of hydrogen-bond donors (Lipinski definition) is 2. The Morgan fingerprint density at radius 2 is 2.00 bits per heavy atom. The van der Waals surface area contributed by atoms with Gasteiger partial charge in [0.15, 0.2) is 6.17 Å². The topological polar surface area (TPSA) is 120 Å². The van der Waals surface area contributed by atoms with Crippen LogP contribution in [0.1, 0.15) is 59.1 Å². The van der Waals surface area contributed by atoms with Gasteiger partial charge in [-0.05, 0) is 34.1 Å². The lowest BCUT2D eigenvalue weighted by Crippen LogP contribution is -2.38. The van der Waals surface area contributed by atoms with Crippen molar-refractivity contribution < 1.29 is 18.2 Å². The van der Waals surface area contributed by atoms with E-state index in [1.165, 1.54) is 6.20 Å². The second kappa shape index (κ2) is 11.1. The van der Waals surface area contributed by atoms with E-state index in [1.54, 1.807) is 0 Å². The van der Waals surface area contributed by atoms with Crippen LogP contribution in [0.2, 0.25) is 0 Å². The molecule has 9 nitrogen and oxygen atoms in total. The number of nitrogens with one attached hydrogen (secondary N) is 2. The van der Waals surface area contributed by atoms with Crippen LogP contribution in [0, 0.1) is 11.3 Å². The maximum atomic E-state index is 15.5. The van der Waals surface area contributed by atoms with Gasteiger partial charge in [0.25, 0.3) is 14.1 Å². The molecule has 0 aliphatic carbocycles. The Hall–Kier alpha value is -1.63. The number of hydrogen-bond acceptors (Lipinski definition) is 7. The number of nitrogens with zero attached hydrogens (tertiary/aromatic N) is 2. The molecule has 2 rings (SSSR count). The molecule has 1 saturated heterocycles. The molecule has 0 aromatic carbocycles. The molecule has 1 aromatic heterocycles. The fourth-order valence-corrected chi connectivity index (χ4v) is 5.21. The molecule has 5 unspecified atom stereocenters. The fraction of sp³-hybridized carbons (Fsp3) is 0.737. The first kappa shape index (κ1) is 24.6. The Morgan fingerprint density at radius 3 is 2.53 bits per heavy atom. The number of ether oxygens (including phenoxy) is 1. The summed E-state index contributed by atoms with van der Waals surface area (Å²) in [7, 11) is -1.67. The third-order valence-corrected chi connectivity index (χ3v) is 6.85. The van der Waals surface area contributed by atoms with Crippen molar-refractivity contribution in [2.75, 3.05) is 6.61 Å². The first-order chi connectivity index (χ1) is 14.2. The molecular formula is C19H30FN4O5P. The number of aromatic amines is 2. The average molecular weight is 444 g/mol. The maximum absolute atomic E-state index is 15.5. The van der Waals surface area contributed by atoms with Gasteiger partial charge in [-0.2, -0.15) is 5.26 Å². The van der Waals surface area contributed by atoms with E-state index in [4.69, 9.17) is 19.0 Å². The third kappa shape index (κ3) is 5.74. The van der Waals surface area contributed by atoms with Gasteiger partial charge >= 0.3 is 5.69 Å². The number of alkyl halides is 1. The number of aromatic nitrogens is 2. The largest absolute Gasteiger partial charge is 0.364 e. The molecule has 11 heteroatoms. The summed E-state index contributed by atoms with van der Waals surface area (Å²) >= 11 is 0. The molecule has 0 spiro atoms. The zero-order chi connectivity index (χ0) is 22.4. The molecule has 5 atom stereocenters. The quantitative estimate of drug-likeness (QED) is 0.420. The monoisotopic (exact) mass is 444 g/mol. The molecule has 1 aliphatic rings. The number of rotatable bonds is 10. The van der Waals surface area contributed by atoms with Crippen molar-refractivity contribution in [2.45, 2.75) is 84.0 Å². The average Bonchev–Trinajstić information content (AvgIpc) is 2.97. The van der Waals surface area contributed by atoms with Gasteiger partial charge in [-0.15, -0.1) is 0 Å². The second-order valence-corrected chi connectivity index (χ2v) is 9.00. The highest BCUT2D eigenvalue weighted by Crippen LogP contribution is 2.51. The van der Waals surface area contributed by atoms with Crippen molar-refractivity contribution in [3.8, 4) is 6.07 Å². The number of nitriles is 1. The van der Waals surface area contributed by atoms with Crippen molar-refractivity contribution in [2.24, 2.45) is 0 Å². The van der Waals surface area contributed by atoms with E-state index in [9.17, 15) is 9.59 Å². The van der Waals surface area contributed by atoms with Gasteiger partial charge in [-0.1, -0.05) is 6.92 Å². The van der Waals surface area contributed by atoms with Crippen LogP contribution in [0.5, 0.6) is 0 Å². The molecule has 0 bridgehead atoms. The van der Waals surface area contributed by atoms with E-state index in [1.807, 2.05) is 45.4 Å². The fourth-order valence-electron chi connectivity index (χ4n) is 3.45. The Morgan fingerprint density at radius 1 is 1.33 bits per heavy atom. The summed E-state index contributed by atoms with van der Waals surface area (Å²) in [5, 5.41) is 8.83. The van der Waals surface area contributed by atoms with Crippen LogP contribution < -0.4 is 11.2 Å². The predicted molar refractivity (Wildman–Crippen MR) is 111 cm³/mol. The van der Waals surface area contributed by atoms with Crippen LogP contribution in [0.3, 0.4) is 0 Å². The molecule has 1 aliphatic heterocycles. The van der Waals surface area contributed by atoms with E-state index < -0.39 is 44.3 Å². The van der Waals surface area contributed by atoms with Crippen LogP contribution in [0.25, 0.3) is 0 Å². The van der Waals surface area contributed by atoms with Gasteiger partial charge in [0.05, 0.1) is 30.8 Å². The van der Waals surface area contributed by atoms with E-state index in [0.29, 0.717) is 6.42 Å². The molecule has 2 heterocycles. The summed E-state index contributed by atoms with van der Waals surface area (Å²) in [6.07, 6.45) is -2.52. The molecule has 0 amide bonds. The minimum absolute atomic E-state index is 0.00551. The van der Waals surface area contributed by atoms with Crippen molar-refractivity contribution in [3.05, 3.63) is 32.6 Å². The van der Waals surface area contributed by atoms with E-state index in [0.717, 1.165) is 0 Å². The number of halogens is 1. The SMILES string of the molecule is CCC1OC(c2c[nH]c(=O)[nH]c2=O)C(F)C1OP(OCCC#N)N(C(C)C)C(C)C. The standard InChI is InChI=1S/C19H30FN4O5P/c1-6-14-17(15(20)16(28-14)13-10-22-19(26)23-18(13)25)29-30(27-9-7-8-21)24(11(2)3)12(4)5/h10-12,14-17H,6-7,9H2,1-5H3,(H2,22,23,25,26). The Kier molecular flexibility index (Phi) is 9.13. The molecule has 1 aromatic rings. The van der Waals surface area contributed by atoms with Gasteiger partial charge in [0.2, 0.25) is 0 Å².